The van der Waals surface area contributed by atoms with Gasteiger partial charge >= 0.3 is 0 Å². The molecule has 0 saturated carbocycles. The number of hydrogen-bond acceptors (Lipinski definition) is 1. The van der Waals surface area contributed by atoms with Crippen LogP contribution in [0, 0.1) is 28.8 Å². The Hall–Kier alpha value is -3.58. The van der Waals surface area contributed by atoms with E-state index in [0.29, 0.717) is 22.9 Å². The summed E-state index contributed by atoms with van der Waals surface area (Å²) < 4.78 is 43.0. The molecule has 0 bridgehead atoms. The van der Waals surface area contributed by atoms with E-state index in [-0.39, 0.29) is 12.2 Å². The SMILES string of the molecule is CCCCCCc1ccc(CCc2ccc3c(F)c(CCc4cc(F)c(C#N)c(F)c4)ccc3c2)cc1. The van der Waals surface area contributed by atoms with Crippen LogP contribution in [0.3, 0.4) is 0 Å². The molecule has 0 atom stereocenters. The Morgan fingerprint density at radius 2 is 1.24 bits per heavy atom. The second kappa shape index (κ2) is 12.6. The summed E-state index contributed by atoms with van der Waals surface area (Å²) in [6.07, 6.45) is 8.63. The molecule has 0 amide bonds. The molecule has 0 aliphatic rings. The van der Waals surface area contributed by atoms with Crippen molar-refractivity contribution in [3.05, 3.63) is 118 Å². The van der Waals surface area contributed by atoms with Gasteiger partial charge in [0.2, 0.25) is 0 Å². The first-order valence-corrected chi connectivity index (χ1v) is 13.1. The maximum absolute atomic E-state index is 15.2. The summed E-state index contributed by atoms with van der Waals surface area (Å²) >= 11 is 0. The highest BCUT2D eigenvalue weighted by Crippen LogP contribution is 2.25. The monoisotopic (exact) mass is 499 g/mol. The second-order valence-electron chi connectivity index (χ2n) is 9.77. The molecule has 0 saturated heterocycles. The molecule has 0 aliphatic carbocycles. The van der Waals surface area contributed by atoms with E-state index < -0.39 is 17.2 Å². The highest BCUT2D eigenvalue weighted by molar-refractivity contribution is 5.84. The van der Waals surface area contributed by atoms with Crippen LogP contribution in [-0.4, -0.2) is 0 Å². The molecule has 4 rings (SSSR count). The summed E-state index contributed by atoms with van der Waals surface area (Å²) in [7, 11) is 0. The van der Waals surface area contributed by atoms with Gasteiger partial charge in [0, 0.05) is 5.39 Å². The average molecular weight is 500 g/mol. The van der Waals surface area contributed by atoms with E-state index in [1.165, 1.54) is 42.9 Å². The summed E-state index contributed by atoms with van der Waals surface area (Å²) in [5, 5.41) is 10.2. The molecule has 0 radical (unpaired) electrons. The van der Waals surface area contributed by atoms with E-state index >= 15 is 4.39 Å². The number of rotatable bonds is 11. The molecule has 0 spiro atoms. The lowest BCUT2D eigenvalue weighted by molar-refractivity contribution is 0.572. The van der Waals surface area contributed by atoms with Crippen molar-refractivity contribution in [3.8, 4) is 6.07 Å². The standard InChI is InChI=1S/C33H32F3N/c1-2-3-4-5-6-23-7-9-24(10-8-23)11-12-25-14-18-29-28(19-25)17-16-27(33(29)36)15-13-26-20-31(34)30(22-37)32(35)21-26/h7-10,14,16-21H,2-6,11-13,15H2,1H3. The summed E-state index contributed by atoms with van der Waals surface area (Å²) in [6.45, 7) is 2.23. The van der Waals surface area contributed by atoms with Crippen LogP contribution in [0.1, 0.15) is 66.0 Å². The minimum atomic E-state index is -0.887. The van der Waals surface area contributed by atoms with Crippen LogP contribution in [-0.2, 0) is 32.1 Å². The average Bonchev–Trinajstić information content (AvgIpc) is 2.90. The summed E-state index contributed by atoms with van der Waals surface area (Å²) in [6, 6.07) is 22.2. The molecule has 4 heteroatoms. The van der Waals surface area contributed by atoms with Crippen LogP contribution >= 0.6 is 0 Å². The van der Waals surface area contributed by atoms with Gasteiger partial charge in [-0.15, -0.1) is 0 Å². The fourth-order valence-electron chi connectivity index (χ4n) is 4.81. The van der Waals surface area contributed by atoms with Crippen molar-refractivity contribution in [3.63, 3.8) is 0 Å². The molecular formula is C33H32F3N. The first-order chi connectivity index (χ1) is 18.0. The minimum absolute atomic E-state index is 0.275. The fourth-order valence-corrected chi connectivity index (χ4v) is 4.81. The van der Waals surface area contributed by atoms with Gasteiger partial charge in [-0.2, -0.15) is 5.26 Å². The van der Waals surface area contributed by atoms with E-state index in [1.807, 2.05) is 24.3 Å². The number of benzene rings is 4. The lowest BCUT2D eigenvalue weighted by atomic mass is 9.96. The Bertz CT molecular complexity index is 1380. The third kappa shape index (κ3) is 6.80. The third-order valence-corrected chi connectivity index (χ3v) is 7.04. The van der Waals surface area contributed by atoms with Crippen molar-refractivity contribution < 1.29 is 13.2 Å². The van der Waals surface area contributed by atoms with Crippen LogP contribution in [0.4, 0.5) is 13.2 Å². The maximum Gasteiger partial charge on any atom is 0.144 e. The number of fused-ring (bicyclic) bond motifs is 1. The van der Waals surface area contributed by atoms with Gasteiger partial charge in [0.1, 0.15) is 29.1 Å². The van der Waals surface area contributed by atoms with Gasteiger partial charge < -0.3 is 0 Å². The van der Waals surface area contributed by atoms with Gasteiger partial charge in [0.05, 0.1) is 0 Å². The Morgan fingerprint density at radius 1 is 0.622 bits per heavy atom. The van der Waals surface area contributed by atoms with E-state index in [0.717, 1.165) is 42.3 Å². The van der Waals surface area contributed by atoms with E-state index in [9.17, 15) is 8.78 Å². The number of aryl methyl sites for hydroxylation is 5. The smallest absolute Gasteiger partial charge is 0.144 e. The second-order valence-corrected chi connectivity index (χ2v) is 9.77. The Balaban J connectivity index is 1.37. The molecule has 0 unspecified atom stereocenters. The van der Waals surface area contributed by atoms with Crippen LogP contribution in [0.5, 0.6) is 0 Å². The van der Waals surface area contributed by atoms with E-state index in [4.69, 9.17) is 5.26 Å². The summed E-state index contributed by atoms with van der Waals surface area (Å²) in [5.74, 6) is -2.07. The molecule has 37 heavy (non-hydrogen) atoms. The lowest BCUT2D eigenvalue weighted by Gasteiger charge is -2.10. The summed E-state index contributed by atoms with van der Waals surface area (Å²) in [5.41, 5.74) is 4.16. The highest BCUT2D eigenvalue weighted by Gasteiger charge is 2.13. The quantitative estimate of drug-likeness (QED) is 0.189. The molecule has 0 aromatic heterocycles. The first kappa shape index (κ1) is 26.5. The molecular weight excluding hydrogens is 467 g/mol. The predicted molar refractivity (Wildman–Crippen MR) is 144 cm³/mol. The van der Waals surface area contributed by atoms with Crippen molar-refractivity contribution in [2.45, 2.75) is 64.7 Å². The van der Waals surface area contributed by atoms with Crippen LogP contribution < -0.4 is 0 Å². The third-order valence-electron chi connectivity index (χ3n) is 7.04. The largest absolute Gasteiger partial charge is 0.206 e. The molecule has 0 fully saturated rings. The van der Waals surface area contributed by atoms with Crippen molar-refractivity contribution in [1.82, 2.24) is 0 Å². The lowest BCUT2D eigenvalue weighted by Crippen LogP contribution is -1.99. The van der Waals surface area contributed by atoms with Gasteiger partial charge in [-0.25, -0.2) is 13.2 Å². The molecule has 190 valence electrons. The normalized spacial score (nSPS) is 11.1. The molecule has 0 heterocycles. The molecule has 1 nitrogen and oxygen atoms in total. The van der Waals surface area contributed by atoms with Crippen molar-refractivity contribution in [1.29, 1.82) is 5.26 Å². The number of hydrogen-bond donors (Lipinski definition) is 0. The van der Waals surface area contributed by atoms with E-state index in [2.05, 4.69) is 31.2 Å². The zero-order valence-electron chi connectivity index (χ0n) is 21.3. The zero-order valence-corrected chi connectivity index (χ0v) is 21.3. The van der Waals surface area contributed by atoms with Gasteiger partial charge in [0.15, 0.2) is 0 Å². The molecule has 0 N–H and O–H groups in total. The zero-order chi connectivity index (χ0) is 26.2. The topological polar surface area (TPSA) is 23.8 Å². The fraction of sp³-hybridized carbons (Fsp3) is 0.303. The van der Waals surface area contributed by atoms with Crippen molar-refractivity contribution in [2.75, 3.05) is 0 Å². The highest BCUT2D eigenvalue weighted by atomic mass is 19.1. The van der Waals surface area contributed by atoms with E-state index in [1.54, 1.807) is 6.07 Å². The summed E-state index contributed by atoms with van der Waals surface area (Å²) in [4.78, 5) is 0. The molecule has 4 aromatic carbocycles. The van der Waals surface area contributed by atoms with Gasteiger partial charge in [-0.1, -0.05) is 80.8 Å². The Labute approximate surface area is 217 Å². The number of unbranched alkanes of at least 4 members (excludes halogenated alkanes) is 3. The van der Waals surface area contributed by atoms with Crippen molar-refractivity contribution in [2.24, 2.45) is 0 Å². The Kier molecular flexibility index (Phi) is 9.01. The number of nitriles is 1. The minimum Gasteiger partial charge on any atom is -0.206 e. The van der Waals surface area contributed by atoms with Gasteiger partial charge in [0.25, 0.3) is 0 Å². The van der Waals surface area contributed by atoms with Crippen LogP contribution in [0.2, 0.25) is 0 Å². The molecule has 4 aromatic rings. The predicted octanol–water partition coefficient (Wildman–Crippen LogP) is 8.82. The Morgan fingerprint density at radius 3 is 1.92 bits per heavy atom. The number of nitrogens with zero attached hydrogens (tertiary/aromatic N) is 1. The van der Waals surface area contributed by atoms with Crippen LogP contribution in [0.15, 0.2) is 66.7 Å². The first-order valence-electron chi connectivity index (χ1n) is 13.1. The number of halogens is 3. The molecule has 0 aliphatic heterocycles. The van der Waals surface area contributed by atoms with Crippen molar-refractivity contribution >= 4 is 10.8 Å². The van der Waals surface area contributed by atoms with Gasteiger partial charge in [-0.3, -0.25) is 0 Å². The van der Waals surface area contributed by atoms with Gasteiger partial charge in [-0.05, 0) is 83.9 Å². The van der Waals surface area contributed by atoms with Crippen LogP contribution in [0.25, 0.3) is 10.8 Å². The maximum atomic E-state index is 15.2.